The maximum atomic E-state index is 13.4. The molecule has 2 heterocycles. The highest BCUT2D eigenvalue weighted by Crippen LogP contribution is 2.27. The third kappa shape index (κ3) is 4.79. The summed E-state index contributed by atoms with van der Waals surface area (Å²) < 4.78 is 31.7. The Balaban J connectivity index is 1.46. The van der Waals surface area contributed by atoms with Gasteiger partial charge in [0.25, 0.3) is 0 Å². The summed E-state index contributed by atoms with van der Waals surface area (Å²) >= 11 is 0. The molecule has 6 nitrogen and oxygen atoms in total. The Morgan fingerprint density at radius 2 is 1.90 bits per heavy atom. The van der Waals surface area contributed by atoms with Crippen LogP contribution in [0.25, 0.3) is 11.3 Å². The first-order chi connectivity index (χ1) is 15.0. The maximum Gasteiger partial charge on any atom is 0.229 e. The lowest BCUT2D eigenvalue weighted by Gasteiger charge is -2.33. The Bertz CT molecular complexity index is 1080. The molecule has 2 aromatic carbocycles. The van der Waals surface area contributed by atoms with Crippen molar-refractivity contribution in [3.8, 4) is 17.0 Å². The Kier molecular flexibility index (Phi) is 6.06. The first-order valence-electron chi connectivity index (χ1n) is 10.0. The number of benzene rings is 2. The van der Waals surface area contributed by atoms with E-state index in [1.54, 1.807) is 7.11 Å². The Morgan fingerprint density at radius 1 is 1.10 bits per heavy atom. The SMILES string of the molecule is COc1ccc(-c2cc(N3CCCC(C(=O)Nc4ccc(F)c(F)c4)C3)ncn2)cc1. The second-order valence-corrected chi connectivity index (χ2v) is 7.39. The van der Waals surface area contributed by atoms with Gasteiger partial charge in [-0.05, 0) is 49.2 Å². The molecule has 0 saturated carbocycles. The summed E-state index contributed by atoms with van der Waals surface area (Å²) in [5, 5.41) is 2.68. The van der Waals surface area contributed by atoms with Crippen molar-refractivity contribution in [3.05, 3.63) is 66.5 Å². The molecule has 1 atom stereocenters. The van der Waals surface area contributed by atoms with Gasteiger partial charge >= 0.3 is 0 Å². The normalized spacial score (nSPS) is 16.1. The highest BCUT2D eigenvalue weighted by Gasteiger charge is 2.27. The molecule has 1 saturated heterocycles. The van der Waals surface area contributed by atoms with E-state index in [0.29, 0.717) is 13.0 Å². The fourth-order valence-corrected chi connectivity index (χ4v) is 3.66. The average Bonchev–Trinajstić information content (AvgIpc) is 2.81. The zero-order valence-electron chi connectivity index (χ0n) is 17.0. The van der Waals surface area contributed by atoms with Crippen molar-refractivity contribution in [1.29, 1.82) is 0 Å². The fraction of sp³-hybridized carbons (Fsp3) is 0.261. The number of ether oxygens (including phenoxy) is 1. The van der Waals surface area contributed by atoms with Crippen molar-refractivity contribution < 1.29 is 18.3 Å². The van der Waals surface area contributed by atoms with E-state index in [9.17, 15) is 13.6 Å². The number of methoxy groups -OCH3 is 1. The molecule has 1 fully saturated rings. The van der Waals surface area contributed by atoms with Crippen LogP contribution >= 0.6 is 0 Å². The molecule has 3 aromatic rings. The number of carbonyl (C=O) groups is 1. The van der Waals surface area contributed by atoms with Crippen molar-refractivity contribution >= 4 is 17.4 Å². The van der Waals surface area contributed by atoms with E-state index in [-0.39, 0.29) is 17.5 Å². The number of nitrogens with zero attached hydrogens (tertiary/aromatic N) is 3. The summed E-state index contributed by atoms with van der Waals surface area (Å²) in [7, 11) is 1.62. The lowest BCUT2D eigenvalue weighted by Crippen LogP contribution is -2.41. The molecule has 0 bridgehead atoms. The molecule has 160 valence electrons. The number of rotatable bonds is 5. The van der Waals surface area contributed by atoms with E-state index in [1.165, 1.54) is 12.4 Å². The van der Waals surface area contributed by atoms with Crippen LogP contribution < -0.4 is 15.0 Å². The quantitative estimate of drug-likeness (QED) is 0.662. The van der Waals surface area contributed by atoms with E-state index in [2.05, 4.69) is 15.3 Å². The zero-order valence-corrected chi connectivity index (χ0v) is 17.0. The van der Waals surface area contributed by atoms with Gasteiger partial charge in [0.15, 0.2) is 11.6 Å². The minimum atomic E-state index is -0.991. The van der Waals surface area contributed by atoms with Crippen molar-refractivity contribution in [2.24, 2.45) is 5.92 Å². The van der Waals surface area contributed by atoms with Crippen molar-refractivity contribution in [1.82, 2.24) is 9.97 Å². The number of aromatic nitrogens is 2. The van der Waals surface area contributed by atoms with Gasteiger partial charge in [-0.25, -0.2) is 18.7 Å². The molecule has 0 aliphatic carbocycles. The van der Waals surface area contributed by atoms with Gasteiger partial charge in [-0.3, -0.25) is 4.79 Å². The van der Waals surface area contributed by atoms with Crippen LogP contribution in [0.5, 0.6) is 5.75 Å². The third-order valence-electron chi connectivity index (χ3n) is 5.34. The van der Waals surface area contributed by atoms with Crippen LogP contribution in [0.1, 0.15) is 12.8 Å². The van der Waals surface area contributed by atoms with Gasteiger partial charge in [-0.15, -0.1) is 0 Å². The predicted molar refractivity (Wildman–Crippen MR) is 114 cm³/mol. The van der Waals surface area contributed by atoms with Crippen LogP contribution in [0.15, 0.2) is 54.9 Å². The van der Waals surface area contributed by atoms with Gasteiger partial charge in [0.1, 0.15) is 17.9 Å². The summed E-state index contributed by atoms with van der Waals surface area (Å²) in [5.41, 5.74) is 1.96. The summed E-state index contributed by atoms with van der Waals surface area (Å²) in [4.78, 5) is 23.5. The first kappa shape index (κ1) is 20.7. The Hall–Kier alpha value is -3.55. The molecule has 0 radical (unpaired) electrons. The van der Waals surface area contributed by atoms with E-state index in [4.69, 9.17) is 4.74 Å². The second kappa shape index (κ2) is 9.07. The summed E-state index contributed by atoms with van der Waals surface area (Å²) in [6.07, 6.45) is 3.04. The zero-order chi connectivity index (χ0) is 21.8. The van der Waals surface area contributed by atoms with Crippen LogP contribution in [0.4, 0.5) is 20.3 Å². The topological polar surface area (TPSA) is 67.3 Å². The summed E-state index contributed by atoms with van der Waals surface area (Å²) in [6.45, 7) is 1.25. The van der Waals surface area contributed by atoms with Gasteiger partial charge < -0.3 is 15.0 Å². The van der Waals surface area contributed by atoms with Crippen molar-refractivity contribution in [2.75, 3.05) is 30.4 Å². The minimum Gasteiger partial charge on any atom is -0.497 e. The van der Waals surface area contributed by atoms with Gasteiger partial charge in [-0.1, -0.05) is 0 Å². The summed E-state index contributed by atoms with van der Waals surface area (Å²) in [6, 6.07) is 12.8. The molecule has 1 unspecified atom stereocenters. The van der Waals surface area contributed by atoms with Crippen LogP contribution in [0.3, 0.4) is 0 Å². The number of hydrogen-bond acceptors (Lipinski definition) is 5. The number of nitrogens with one attached hydrogen (secondary N) is 1. The molecule has 1 aliphatic rings. The number of hydrogen-bond donors (Lipinski definition) is 1. The number of halogens is 2. The number of amides is 1. The molecule has 1 N–H and O–H groups in total. The monoisotopic (exact) mass is 424 g/mol. The number of carbonyl (C=O) groups excluding carboxylic acids is 1. The molecule has 1 aromatic heterocycles. The van der Waals surface area contributed by atoms with E-state index in [1.807, 2.05) is 35.2 Å². The highest BCUT2D eigenvalue weighted by atomic mass is 19.2. The average molecular weight is 424 g/mol. The van der Waals surface area contributed by atoms with E-state index < -0.39 is 11.6 Å². The Labute approximate surface area is 178 Å². The van der Waals surface area contributed by atoms with Crippen LogP contribution in [0, 0.1) is 17.6 Å². The molecule has 1 amide bonds. The molecule has 4 rings (SSSR count). The van der Waals surface area contributed by atoms with Crippen LogP contribution in [-0.2, 0) is 4.79 Å². The van der Waals surface area contributed by atoms with Gasteiger partial charge in [0, 0.05) is 36.5 Å². The van der Waals surface area contributed by atoms with E-state index in [0.717, 1.165) is 47.9 Å². The maximum absolute atomic E-state index is 13.4. The lowest BCUT2D eigenvalue weighted by atomic mass is 9.97. The molecule has 1 aliphatic heterocycles. The largest absolute Gasteiger partial charge is 0.497 e. The predicted octanol–water partition coefficient (Wildman–Crippen LogP) is 4.29. The minimum absolute atomic E-state index is 0.222. The number of piperidine rings is 1. The molecular weight excluding hydrogens is 402 g/mol. The fourth-order valence-electron chi connectivity index (χ4n) is 3.66. The second-order valence-electron chi connectivity index (χ2n) is 7.39. The van der Waals surface area contributed by atoms with Crippen molar-refractivity contribution in [3.63, 3.8) is 0 Å². The lowest BCUT2D eigenvalue weighted by molar-refractivity contribution is -0.120. The molecular formula is C23H22F2N4O2. The van der Waals surface area contributed by atoms with Crippen molar-refractivity contribution in [2.45, 2.75) is 12.8 Å². The first-order valence-corrected chi connectivity index (χ1v) is 10.0. The van der Waals surface area contributed by atoms with Gasteiger partial charge in [0.2, 0.25) is 5.91 Å². The standard InChI is InChI=1S/C23H22F2N4O2/c1-31-18-7-4-15(5-8-18)21-12-22(27-14-26-21)29-10-2-3-16(13-29)23(30)28-17-6-9-19(24)20(25)11-17/h4-9,11-12,14,16H,2-3,10,13H2,1H3,(H,28,30). The van der Waals surface area contributed by atoms with Crippen LogP contribution in [0.2, 0.25) is 0 Å². The third-order valence-corrected chi connectivity index (χ3v) is 5.34. The molecule has 31 heavy (non-hydrogen) atoms. The van der Waals surface area contributed by atoms with E-state index >= 15 is 0 Å². The smallest absolute Gasteiger partial charge is 0.229 e. The summed E-state index contributed by atoms with van der Waals surface area (Å²) in [5.74, 6) is -0.940. The van der Waals surface area contributed by atoms with Gasteiger partial charge in [-0.2, -0.15) is 0 Å². The van der Waals surface area contributed by atoms with Gasteiger partial charge in [0.05, 0.1) is 18.7 Å². The Morgan fingerprint density at radius 3 is 2.65 bits per heavy atom. The number of anilines is 2. The molecule has 8 heteroatoms. The highest BCUT2D eigenvalue weighted by molar-refractivity contribution is 5.93. The van der Waals surface area contributed by atoms with Crippen LogP contribution in [-0.4, -0.2) is 36.1 Å². The molecule has 0 spiro atoms.